The van der Waals surface area contributed by atoms with E-state index in [0.29, 0.717) is 22.5 Å². The third-order valence-corrected chi connectivity index (χ3v) is 3.53. The minimum Gasteiger partial charge on any atom is -0.475 e. The average molecular weight is 313 g/mol. The minimum absolute atomic E-state index is 0.0526. The molecule has 0 bridgehead atoms. The normalized spacial score (nSPS) is 10.9. The van der Waals surface area contributed by atoms with Gasteiger partial charge in [0.25, 0.3) is 5.91 Å². The number of hydrogen-bond acceptors (Lipinski definition) is 4. The van der Waals surface area contributed by atoms with E-state index in [-0.39, 0.29) is 11.7 Å². The van der Waals surface area contributed by atoms with E-state index in [1.54, 1.807) is 43.1 Å². The number of aromatic nitrogens is 4. The lowest BCUT2D eigenvalue weighted by atomic mass is 10.2. The first-order valence-corrected chi connectivity index (χ1v) is 6.88. The number of carboxylic acids is 1. The number of rotatable bonds is 3. The number of fused-ring (bicyclic) bond motifs is 1. The third-order valence-electron chi connectivity index (χ3n) is 3.53. The Bertz CT molecular complexity index is 938. The van der Waals surface area contributed by atoms with Gasteiger partial charge in [0, 0.05) is 26.0 Å². The van der Waals surface area contributed by atoms with E-state index >= 15 is 0 Å². The van der Waals surface area contributed by atoms with Crippen LogP contribution in [-0.4, -0.2) is 36.1 Å². The summed E-state index contributed by atoms with van der Waals surface area (Å²) in [4.78, 5) is 31.6. The zero-order chi connectivity index (χ0) is 16.7. The van der Waals surface area contributed by atoms with Gasteiger partial charge in [-0.15, -0.1) is 0 Å². The van der Waals surface area contributed by atoms with Gasteiger partial charge < -0.3 is 19.6 Å². The first-order chi connectivity index (χ1) is 10.9. The zero-order valence-corrected chi connectivity index (χ0v) is 12.9. The first-order valence-electron chi connectivity index (χ1n) is 6.88. The van der Waals surface area contributed by atoms with Crippen LogP contribution in [0.25, 0.3) is 11.0 Å². The number of amides is 1. The summed E-state index contributed by atoms with van der Waals surface area (Å²) in [5, 5.41) is 11.9. The van der Waals surface area contributed by atoms with Gasteiger partial charge in [-0.1, -0.05) is 0 Å². The Morgan fingerprint density at radius 1 is 1.17 bits per heavy atom. The number of aryl methyl sites for hydroxylation is 3. The van der Waals surface area contributed by atoms with Crippen LogP contribution in [0.15, 0.2) is 24.4 Å². The first kappa shape index (κ1) is 14.8. The second-order valence-electron chi connectivity index (χ2n) is 5.27. The molecule has 0 radical (unpaired) electrons. The summed E-state index contributed by atoms with van der Waals surface area (Å²) in [6.07, 6.45) is 1.76. The highest BCUT2D eigenvalue weighted by Crippen LogP contribution is 2.20. The minimum atomic E-state index is -1.10. The van der Waals surface area contributed by atoms with Gasteiger partial charge in [0.1, 0.15) is 0 Å². The topological polar surface area (TPSA) is 102 Å². The molecule has 3 aromatic rings. The molecule has 0 aliphatic carbocycles. The van der Waals surface area contributed by atoms with Crippen LogP contribution in [-0.2, 0) is 14.1 Å². The van der Waals surface area contributed by atoms with Crippen molar-refractivity contribution in [2.24, 2.45) is 14.1 Å². The molecule has 0 aliphatic heterocycles. The Morgan fingerprint density at radius 3 is 2.52 bits per heavy atom. The van der Waals surface area contributed by atoms with Crippen LogP contribution in [0.1, 0.15) is 26.9 Å². The van der Waals surface area contributed by atoms with E-state index in [2.05, 4.69) is 15.3 Å². The van der Waals surface area contributed by atoms with Gasteiger partial charge in [0.05, 0.1) is 16.7 Å². The molecule has 3 rings (SSSR count). The molecule has 0 saturated heterocycles. The Morgan fingerprint density at radius 2 is 1.91 bits per heavy atom. The van der Waals surface area contributed by atoms with Crippen molar-refractivity contribution in [2.75, 3.05) is 5.32 Å². The van der Waals surface area contributed by atoms with Crippen molar-refractivity contribution in [2.45, 2.75) is 6.92 Å². The molecule has 8 nitrogen and oxygen atoms in total. The SMILES string of the molecule is Cc1cn(C)c(C(=O)Nc2ccc3nc(C(=O)O)n(C)c3c2)n1. The van der Waals surface area contributed by atoms with Gasteiger partial charge in [0.2, 0.25) is 5.82 Å². The van der Waals surface area contributed by atoms with Gasteiger partial charge in [0.15, 0.2) is 5.82 Å². The highest BCUT2D eigenvalue weighted by Gasteiger charge is 2.16. The molecule has 2 aromatic heterocycles. The number of nitrogens with zero attached hydrogens (tertiary/aromatic N) is 4. The molecule has 2 heterocycles. The largest absolute Gasteiger partial charge is 0.475 e. The van der Waals surface area contributed by atoms with Crippen molar-refractivity contribution < 1.29 is 14.7 Å². The van der Waals surface area contributed by atoms with E-state index in [4.69, 9.17) is 5.11 Å². The van der Waals surface area contributed by atoms with Gasteiger partial charge in [-0.2, -0.15) is 0 Å². The number of carbonyl (C=O) groups excluding carboxylic acids is 1. The van der Waals surface area contributed by atoms with Crippen molar-refractivity contribution in [1.82, 2.24) is 19.1 Å². The molecule has 8 heteroatoms. The van der Waals surface area contributed by atoms with Crippen LogP contribution < -0.4 is 5.32 Å². The van der Waals surface area contributed by atoms with Crippen LogP contribution in [0.3, 0.4) is 0 Å². The van der Waals surface area contributed by atoms with Gasteiger partial charge in [-0.25, -0.2) is 14.8 Å². The van der Waals surface area contributed by atoms with Crippen molar-refractivity contribution >= 4 is 28.6 Å². The maximum absolute atomic E-state index is 12.3. The number of benzene rings is 1. The van der Waals surface area contributed by atoms with Crippen molar-refractivity contribution in [1.29, 1.82) is 0 Å². The summed E-state index contributed by atoms with van der Waals surface area (Å²) < 4.78 is 3.12. The smallest absolute Gasteiger partial charge is 0.372 e. The Kier molecular flexibility index (Phi) is 3.36. The average Bonchev–Trinajstić information content (AvgIpc) is 2.99. The van der Waals surface area contributed by atoms with E-state index in [1.165, 1.54) is 4.57 Å². The monoisotopic (exact) mass is 313 g/mol. The van der Waals surface area contributed by atoms with Gasteiger partial charge >= 0.3 is 5.97 Å². The molecule has 0 spiro atoms. The summed E-state index contributed by atoms with van der Waals surface area (Å²) in [5.74, 6) is -1.18. The Balaban J connectivity index is 1.94. The highest BCUT2D eigenvalue weighted by molar-refractivity contribution is 6.03. The number of anilines is 1. The van der Waals surface area contributed by atoms with Crippen molar-refractivity contribution in [3.8, 4) is 0 Å². The van der Waals surface area contributed by atoms with Gasteiger partial charge in [-0.05, 0) is 25.1 Å². The van der Waals surface area contributed by atoms with Crippen LogP contribution in [0.2, 0.25) is 0 Å². The van der Waals surface area contributed by atoms with Crippen LogP contribution >= 0.6 is 0 Å². The number of carbonyl (C=O) groups is 2. The Hall–Kier alpha value is -3.16. The molecule has 2 N–H and O–H groups in total. The summed E-state index contributed by atoms with van der Waals surface area (Å²) in [5.41, 5.74) is 2.47. The molecular weight excluding hydrogens is 298 g/mol. The van der Waals surface area contributed by atoms with Crippen LogP contribution in [0, 0.1) is 6.92 Å². The van der Waals surface area contributed by atoms with E-state index in [0.717, 1.165) is 5.69 Å². The van der Waals surface area contributed by atoms with Crippen molar-refractivity contribution in [3.05, 3.63) is 41.7 Å². The fraction of sp³-hybridized carbons (Fsp3) is 0.200. The Labute approximate surface area is 131 Å². The molecule has 1 aromatic carbocycles. The number of nitrogens with one attached hydrogen (secondary N) is 1. The maximum atomic E-state index is 12.3. The predicted octanol–water partition coefficient (Wildman–Crippen LogP) is 1.57. The van der Waals surface area contributed by atoms with E-state index in [9.17, 15) is 9.59 Å². The summed E-state index contributed by atoms with van der Waals surface area (Å²) >= 11 is 0. The maximum Gasteiger partial charge on any atom is 0.372 e. The summed E-state index contributed by atoms with van der Waals surface area (Å²) in [6.45, 7) is 1.81. The number of aromatic carboxylic acids is 1. The second kappa shape index (κ2) is 5.24. The van der Waals surface area contributed by atoms with Crippen molar-refractivity contribution in [3.63, 3.8) is 0 Å². The lowest BCUT2D eigenvalue weighted by Gasteiger charge is -2.05. The number of carboxylic acid groups (broad SMARTS) is 1. The quantitative estimate of drug-likeness (QED) is 0.764. The number of imidazole rings is 2. The zero-order valence-electron chi connectivity index (χ0n) is 12.9. The molecule has 23 heavy (non-hydrogen) atoms. The highest BCUT2D eigenvalue weighted by atomic mass is 16.4. The molecule has 0 fully saturated rings. The summed E-state index contributed by atoms with van der Waals surface area (Å²) in [6, 6.07) is 5.03. The molecule has 0 atom stereocenters. The van der Waals surface area contributed by atoms with E-state index in [1.807, 2.05) is 6.92 Å². The fourth-order valence-corrected chi connectivity index (χ4v) is 2.47. The second-order valence-corrected chi connectivity index (χ2v) is 5.27. The lowest BCUT2D eigenvalue weighted by Crippen LogP contribution is -2.16. The molecular formula is C15H15N5O3. The van der Waals surface area contributed by atoms with Gasteiger partial charge in [-0.3, -0.25) is 4.79 Å². The number of hydrogen-bond donors (Lipinski definition) is 2. The van der Waals surface area contributed by atoms with E-state index < -0.39 is 5.97 Å². The molecule has 118 valence electrons. The predicted molar refractivity (Wildman–Crippen MR) is 83.6 cm³/mol. The fourth-order valence-electron chi connectivity index (χ4n) is 2.47. The molecule has 0 saturated carbocycles. The molecule has 0 unspecified atom stereocenters. The molecule has 0 aliphatic rings. The van der Waals surface area contributed by atoms with Crippen LogP contribution in [0.5, 0.6) is 0 Å². The lowest BCUT2D eigenvalue weighted by molar-refractivity contribution is 0.0680. The van der Waals surface area contributed by atoms with Crippen LogP contribution in [0.4, 0.5) is 5.69 Å². The standard InChI is InChI=1S/C15H15N5O3/c1-8-7-19(2)12(16-8)14(21)17-9-4-5-10-11(6-9)20(3)13(18-10)15(22)23/h4-7H,1-3H3,(H,17,21)(H,22,23). The summed E-state index contributed by atoms with van der Waals surface area (Å²) in [7, 11) is 3.37. The molecule has 1 amide bonds. The third kappa shape index (κ3) is 2.54.